The number of rotatable bonds is 5. The zero-order valence-corrected chi connectivity index (χ0v) is 9.90. The van der Waals surface area contributed by atoms with Gasteiger partial charge in [-0.15, -0.1) is 0 Å². The van der Waals surface area contributed by atoms with Crippen molar-refractivity contribution < 1.29 is 18.7 Å². The number of benzene rings is 1. The van der Waals surface area contributed by atoms with Crippen molar-refractivity contribution in [3.63, 3.8) is 0 Å². The normalized spacial score (nSPS) is 10.4. The van der Waals surface area contributed by atoms with Crippen molar-refractivity contribution in [3.8, 4) is 5.75 Å². The number of hydrogen-bond acceptors (Lipinski definition) is 4. The van der Waals surface area contributed by atoms with Gasteiger partial charge in [0.2, 0.25) is 0 Å². The zero-order valence-electron chi connectivity index (χ0n) is 9.90. The van der Waals surface area contributed by atoms with Crippen LogP contribution in [0.3, 0.4) is 0 Å². The third-order valence-corrected chi connectivity index (χ3v) is 1.94. The summed E-state index contributed by atoms with van der Waals surface area (Å²) < 4.78 is 23.3. The summed E-state index contributed by atoms with van der Waals surface area (Å²) in [4.78, 5) is 11.2. The number of nitrogens with two attached hydrogens (primary N) is 1. The van der Waals surface area contributed by atoms with Gasteiger partial charge in [-0.25, -0.2) is 9.18 Å². The third-order valence-electron chi connectivity index (χ3n) is 1.94. The van der Waals surface area contributed by atoms with E-state index in [1.807, 2.05) is 0 Å². The minimum Gasteiger partial charge on any atom is -0.479 e. The van der Waals surface area contributed by atoms with Gasteiger partial charge in [-0.1, -0.05) is 6.07 Å². The summed E-state index contributed by atoms with van der Waals surface area (Å²) in [6.07, 6.45) is -0.212. The Kier molecular flexibility index (Phi) is 4.90. The molecule has 2 N–H and O–H groups in total. The van der Waals surface area contributed by atoms with Gasteiger partial charge in [0.15, 0.2) is 18.2 Å². The van der Waals surface area contributed by atoms with Crippen LogP contribution in [0.1, 0.15) is 19.4 Å². The molecule has 1 aromatic rings. The molecule has 94 valence electrons. The van der Waals surface area contributed by atoms with E-state index in [2.05, 4.69) is 0 Å². The zero-order chi connectivity index (χ0) is 12.8. The second kappa shape index (κ2) is 6.20. The highest BCUT2D eigenvalue weighted by atomic mass is 19.1. The molecule has 17 heavy (non-hydrogen) atoms. The Balaban J connectivity index is 2.55. The molecule has 0 aliphatic heterocycles. The van der Waals surface area contributed by atoms with Gasteiger partial charge in [0.25, 0.3) is 0 Å². The molecular formula is C12H16FNO3. The predicted molar refractivity (Wildman–Crippen MR) is 61.0 cm³/mol. The van der Waals surface area contributed by atoms with Crippen LogP contribution < -0.4 is 10.5 Å². The lowest BCUT2D eigenvalue weighted by atomic mass is 10.2. The second-order valence-corrected chi connectivity index (χ2v) is 3.80. The first kappa shape index (κ1) is 13.4. The Hall–Kier alpha value is -1.62. The monoisotopic (exact) mass is 241 g/mol. The van der Waals surface area contributed by atoms with Crippen LogP contribution in [0.15, 0.2) is 18.2 Å². The van der Waals surface area contributed by atoms with Crippen molar-refractivity contribution in [2.24, 2.45) is 5.73 Å². The molecule has 0 aliphatic carbocycles. The van der Waals surface area contributed by atoms with Crippen molar-refractivity contribution in [3.05, 3.63) is 29.6 Å². The van der Waals surface area contributed by atoms with E-state index in [4.69, 9.17) is 15.2 Å². The van der Waals surface area contributed by atoms with Gasteiger partial charge in [-0.3, -0.25) is 0 Å². The molecular weight excluding hydrogens is 225 g/mol. The molecule has 0 bridgehead atoms. The molecule has 0 spiro atoms. The minimum atomic E-state index is -0.537. The molecule has 0 amide bonds. The fourth-order valence-corrected chi connectivity index (χ4v) is 1.22. The van der Waals surface area contributed by atoms with Crippen LogP contribution in [-0.4, -0.2) is 18.7 Å². The first-order chi connectivity index (χ1) is 8.02. The molecule has 4 nitrogen and oxygen atoms in total. The molecule has 0 saturated carbocycles. The number of carbonyl (C=O) groups excluding carboxylic acids is 1. The van der Waals surface area contributed by atoms with Crippen molar-refractivity contribution >= 4 is 5.97 Å². The molecule has 1 rings (SSSR count). The molecule has 0 fully saturated rings. The summed E-state index contributed by atoms with van der Waals surface area (Å²) in [7, 11) is 0. The van der Waals surface area contributed by atoms with Crippen LogP contribution in [0.5, 0.6) is 5.75 Å². The maximum Gasteiger partial charge on any atom is 0.344 e. The van der Waals surface area contributed by atoms with Gasteiger partial charge >= 0.3 is 5.97 Å². The van der Waals surface area contributed by atoms with E-state index < -0.39 is 11.8 Å². The van der Waals surface area contributed by atoms with Crippen molar-refractivity contribution in [1.82, 2.24) is 0 Å². The van der Waals surface area contributed by atoms with E-state index in [0.717, 1.165) is 0 Å². The fourth-order valence-electron chi connectivity index (χ4n) is 1.22. The Morgan fingerprint density at radius 3 is 2.71 bits per heavy atom. The smallest absolute Gasteiger partial charge is 0.344 e. The van der Waals surface area contributed by atoms with Crippen LogP contribution in [-0.2, 0) is 16.1 Å². The Bertz CT molecular complexity index is 393. The van der Waals surface area contributed by atoms with Crippen LogP contribution in [0, 0.1) is 5.82 Å². The lowest BCUT2D eigenvalue weighted by molar-refractivity contribution is -0.149. The van der Waals surface area contributed by atoms with Crippen molar-refractivity contribution in [1.29, 1.82) is 0 Å². The van der Waals surface area contributed by atoms with E-state index in [1.54, 1.807) is 19.9 Å². The van der Waals surface area contributed by atoms with Gasteiger partial charge in [0, 0.05) is 6.54 Å². The Morgan fingerprint density at radius 1 is 1.47 bits per heavy atom. The van der Waals surface area contributed by atoms with E-state index in [-0.39, 0.29) is 25.0 Å². The van der Waals surface area contributed by atoms with Crippen LogP contribution in [0.25, 0.3) is 0 Å². The predicted octanol–water partition coefficient (Wildman–Crippen LogP) is 1.61. The lowest BCUT2D eigenvalue weighted by Gasteiger charge is -2.10. The second-order valence-electron chi connectivity index (χ2n) is 3.80. The van der Waals surface area contributed by atoms with Crippen molar-refractivity contribution in [2.75, 3.05) is 6.61 Å². The maximum atomic E-state index is 13.4. The molecule has 5 heteroatoms. The summed E-state index contributed by atoms with van der Waals surface area (Å²) in [5.41, 5.74) is 6.03. The number of hydrogen-bond donors (Lipinski definition) is 1. The van der Waals surface area contributed by atoms with Crippen LogP contribution in [0.2, 0.25) is 0 Å². The summed E-state index contributed by atoms with van der Waals surface area (Å²) in [6, 6.07) is 4.37. The van der Waals surface area contributed by atoms with Gasteiger partial charge in [0.05, 0.1) is 6.10 Å². The molecule has 0 unspecified atom stereocenters. The Morgan fingerprint density at radius 2 is 2.18 bits per heavy atom. The highest BCUT2D eigenvalue weighted by Gasteiger charge is 2.09. The standard InChI is InChI=1S/C12H16FNO3/c1-8(2)17-12(15)7-16-11-4-3-9(6-14)5-10(11)13/h3-5,8H,6-7,14H2,1-2H3. The first-order valence-corrected chi connectivity index (χ1v) is 5.33. The van der Waals surface area contributed by atoms with Crippen LogP contribution in [0.4, 0.5) is 4.39 Å². The molecule has 0 radical (unpaired) electrons. The average molecular weight is 241 g/mol. The number of carbonyl (C=O) groups is 1. The maximum absolute atomic E-state index is 13.4. The molecule has 0 heterocycles. The SMILES string of the molecule is CC(C)OC(=O)COc1ccc(CN)cc1F. The fraction of sp³-hybridized carbons (Fsp3) is 0.417. The highest BCUT2D eigenvalue weighted by molar-refractivity contribution is 5.71. The minimum absolute atomic E-state index is 0.0166. The quantitative estimate of drug-likeness (QED) is 0.796. The van der Waals surface area contributed by atoms with E-state index in [9.17, 15) is 9.18 Å². The summed E-state index contributed by atoms with van der Waals surface area (Å²) in [5.74, 6) is -1.05. The topological polar surface area (TPSA) is 61.5 Å². The molecule has 0 atom stereocenters. The molecule has 0 aromatic heterocycles. The molecule has 1 aromatic carbocycles. The molecule has 0 saturated heterocycles. The van der Waals surface area contributed by atoms with Crippen LogP contribution >= 0.6 is 0 Å². The van der Waals surface area contributed by atoms with E-state index >= 15 is 0 Å². The number of esters is 1. The lowest BCUT2D eigenvalue weighted by Crippen LogP contribution is -2.19. The van der Waals surface area contributed by atoms with E-state index in [0.29, 0.717) is 5.56 Å². The van der Waals surface area contributed by atoms with Gasteiger partial charge in [-0.2, -0.15) is 0 Å². The Labute approximate surface area is 99.5 Å². The molecule has 0 aliphatic rings. The number of halogens is 1. The summed E-state index contributed by atoms with van der Waals surface area (Å²) in [6.45, 7) is 3.41. The third kappa shape index (κ3) is 4.40. The van der Waals surface area contributed by atoms with Gasteiger partial charge in [-0.05, 0) is 31.5 Å². The van der Waals surface area contributed by atoms with Gasteiger partial charge in [0.1, 0.15) is 0 Å². The summed E-state index contributed by atoms with van der Waals surface area (Å²) >= 11 is 0. The van der Waals surface area contributed by atoms with E-state index in [1.165, 1.54) is 12.1 Å². The number of ether oxygens (including phenoxy) is 2. The highest BCUT2D eigenvalue weighted by Crippen LogP contribution is 2.18. The summed E-state index contributed by atoms with van der Waals surface area (Å²) in [5, 5.41) is 0. The van der Waals surface area contributed by atoms with Crippen molar-refractivity contribution in [2.45, 2.75) is 26.5 Å². The first-order valence-electron chi connectivity index (χ1n) is 5.33. The van der Waals surface area contributed by atoms with Gasteiger partial charge < -0.3 is 15.2 Å². The average Bonchev–Trinajstić information content (AvgIpc) is 2.26. The largest absolute Gasteiger partial charge is 0.479 e.